The predicted octanol–water partition coefficient (Wildman–Crippen LogP) is 1.64. The van der Waals surface area contributed by atoms with Gasteiger partial charge in [-0.25, -0.2) is 0 Å². The van der Waals surface area contributed by atoms with Crippen molar-refractivity contribution in [2.75, 3.05) is 0 Å². The molecule has 5 heteroatoms. The summed E-state index contributed by atoms with van der Waals surface area (Å²) in [6, 6.07) is 8.70. The van der Waals surface area contributed by atoms with Crippen molar-refractivity contribution in [2.45, 2.75) is 18.6 Å². The number of hydrogen-bond acceptors (Lipinski definition) is 2. The first kappa shape index (κ1) is 14.1. The van der Waals surface area contributed by atoms with Gasteiger partial charge in [0, 0.05) is 29.6 Å². The summed E-state index contributed by atoms with van der Waals surface area (Å²) < 4.78 is 30.7. The Hall–Kier alpha value is 0.130. The maximum Gasteiger partial charge on any atom is 0.271 e. The van der Waals surface area contributed by atoms with Crippen molar-refractivity contribution in [3.05, 3.63) is 35.9 Å². The van der Waals surface area contributed by atoms with Crippen molar-refractivity contribution in [1.29, 1.82) is 0 Å². The summed E-state index contributed by atoms with van der Waals surface area (Å²) in [7, 11) is -3.97. The molecule has 0 fully saturated rings. The molecule has 73 valence electrons. The second-order valence-electron chi connectivity index (χ2n) is 2.82. The van der Waals surface area contributed by atoms with Crippen LogP contribution in [0, 0.1) is 0 Å². The Kier molecular flexibility index (Phi) is 5.93. The van der Waals surface area contributed by atoms with Gasteiger partial charge in [0.25, 0.3) is 10.1 Å². The maximum atomic E-state index is 10.9. The Morgan fingerprint density at radius 3 is 2.14 bits per heavy atom. The van der Waals surface area contributed by atoms with E-state index in [9.17, 15) is 8.42 Å². The smallest absolute Gasteiger partial charge is 0.271 e. The van der Waals surface area contributed by atoms with Crippen LogP contribution < -0.4 is 0 Å². The molecule has 1 atom stereocenters. The van der Waals surface area contributed by atoms with Gasteiger partial charge >= 0.3 is 0 Å². The molecule has 0 spiro atoms. The SMILES string of the molecule is CCC(c1ccccc1)S(=O)(=O)O.[Na]. The van der Waals surface area contributed by atoms with Crippen LogP contribution in [0.1, 0.15) is 24.2 Å². The fraction of sp³-hybridized carbons (Fsp3) is 0.333. The van der Waals surface area contributed by atoms with Crippen molar-refractivity contribution in [2.24, 2.45) is 0 Å². The standard InChI is InChI=1S/C9H12O3S.Na/c1-2-9(13(10,11)12)8-6-4-3-5-7-8;/h3-7,9H,2H2,1H3,(H,10,11,12);. The maximum absolute atomic E-state index is 10.9. The van der Waals surface area contributed by atoms with Gasteiger partial charge in [0.15, 0.2) is 0 Å². The van der Waals surface area contributed by atoms with Gasteiger partial charge in [0.1, 0.15) is 5.25 Å². The fourth-order valence-corrected chi connectivity index (χ4v) is 2.21. The van der Waals surface area contributed by atoms with E-state index >= 15 is 0 Å². The minimum Gasteiger partial charge on any atom is -0.285 e. The van der Waals surface area contributed by atoms with Crippen LogP contribution in [0.25, 0.3) is 0 Å². The fourth-order valence-electron chi connectivity index (χ4n) is 1.29. The number of hydrogen-bond donors (Lipinski definition) is 1. The zero-order valence-corrected chi connectivity index (χ0v) is 11.2. The van der Waals surface area contributed by atoms with E-state index < -0.39 is 15.4 Å². The van der Waals surface area contributed by atoms with E-state index in [1.165, 1.54) is 0 Å². The third-order valence-corrected chi connectivity index (χ3v) is 3.23. The summed E-state index contributed by atoms with van der Waals surface area (Å²) in [5.74, 6) is 0. The summed E-state index contributed by atoms with van der Waals surface area (Å²) >= 11 is 0. The van der Waals surface area contributed by atoms with Gasteiger partial charge in [0.2, 0.25) is 0 Å². The minimum atomic E-state index is -3.97. The van der Waals surface area contributed by atoms with Crippen LogP contribution in [0.5, 0.6) is 0 Å². The van der Waals surface area contributed by atoms with Gasteiger partial charge in [-0.05, 0) is 12.0 Å². The molecule has 0 saturated heterocycles. The predicted molar refractivity (Wildman–Crippen MR) is 56.8 cm³/mol. The van der Waals surface area contributed by atoms with E-state index in [0.717, 1.165) is 0 Å². The van der Waals surface area contributed by atoms with Crippen molar-refractivity contribution in [3.63, 3.8) is 0 Å². The summed E-state index contributed by atoms with van der Waals surface area (Å²) in [6.07, 6.45) is 0.378. The van der Waals surface area contributed by atoms with Gasteiger partial charge in [-0.1, -0.05) is 37.3 Å². The van der Waals surface area contributed by atoms with Crippen molar-refractivity contribution in [3.8, 4) is 0 Å². The first-order valence-electron chi connectivity index (χ1n) is 4.07. The molecule has 1 rings (SSSR count). The molecule has 0 aliphatic heterocycles. The quantitative estimate of drug-likeness (QED) is 0.626. The molecule has 0 saturated carbocycles. The molecule has 0 amide bonds. The van der Waals surface area contributed by atoms with Crippen molar-refractivity contribution < 1.29 is 13.0 Å². The van der Waals surface area contributed by atoms with Gasteiger partial charge < -0.3 is 0 Å². The molecule has 14 heavy (non-hydrogen) atoms. The zero-order chi connectivity index (χ0) is 9.90. The van der Waals surface area contributed by atoms with Crippen molar-refractivity contribution >= 4 is 39.7 Å². The second-order valence-corrected chi connectivity index (χ2v) is 4.42. The Balaban J connectivity index is 0.00000169. The topological polar surface area (TPSA) is 54.4 Å². The average Bonchev–Trinajstić information content (AvgIpc) is 2.05. The van der Waals surface area contributed by atoms with Crippen LogP contribution in [0.4, 0.5) is 0 Å². The van der Waals surface area contributed by atoms with Gasteiger partial charge in [-0.3, -0.25) is 4.55 Å². The van der Waals surface area contributed by atoms with Gasteiger partial charge in [-0.15, -0.1) is 0 Å². The van der Waals surface area contributed by atoms with Gasteiger partial charge in [-0.2, -0.15) is 8.42 Å². The zero-order valence-electron chi connectivity index (χ0n) is 8.34. The molecule has 1 aromatic rings. The van der Waals surface area contributed by atoms with E-state index in [2.05, 4.69) is 0 Å². The Labute approximate surface area is 107 Å². The first-order chi connectivity index (χ1) is 6.05. The molecular weight excluding hydrogens is 211 g/mol. The number of benzene rings is 1. The first-order valence-corrected chi connectivity index (χ1v) is 5.57. The summed E-state index contributed by atoms with van der Waals surface area (Å²) in [5, 5.41) is -0.798. The molecule has 0 bridgehead atoms. The normalized spacial score (nSPS) is 13.0. The van der Waals surface area contributed by atoms with Crippen LogP contribution >= 0.6 is 0 Å². The van der Waals surface area contributed by atoms with Crippen LogP contribution in [0.2, 0.25) is 0 Å². The van der Waals surface area contributed by atoms with Crippen LogP contribution in [0.15, 0.2) is 30.3 Å². The Morgan fingerprint density at radius 2 is 1.79 bits per heavy atom. The summed E-state index contributed by atoms with van der Waals surface area (Å²) in [4.78, 5) is 0. The summed E-state index contributed by atoms with van der Waals surface area (Å²) in [6.45, 7) is 1.73. The summed E-state index contributed by atoms with van der Waals surface area (Å²) in [5.41, 5.74) is 0.632. The second kappa shape index (κ2) is 5.88. The van der Waals surface area contributed by atoms with E-state index in [4.69, 9.17) is 4.55 Å². The number of rotatable bonds is 3. The molecule has 3 nitrogen and oxygen atoms in total. The minimum absolute atomic E-state index is 0. The third-order valence-electron chi connectivity index (χ3n) is 1.90. The molecule has 1 aromatic carbocycles. The van der Waals surface area contributed by atoms with E-state index in [1.54, 1.807) is 37.3 Å². The van der Waals surface area contributed by atoms with Crippen molar-refractivity contribution in [1.82, 2.24) is 0 Å². The Morgan fingerprint density at radius 1 is 1.29 bits per heavy atom. The largest absolute Gasteiger partial charge is 0.285 e. The molecule has 0 aliphatic carbocycles. The van der Waals surface area contributed by atoms with Gasteiger partial charge in [0.05, 0.1) is 0 Å². The third kappa shape index (κ3) is 3.71. The average molecular weight is 223 g/mol. The van der Waals surface area contributed by atoms with E-state index in [-0.39, 0.29) is 29.6 Å². The Bertz CT molecular complexity index is 361. The molecule has 1 radical (unpaired) electrons. The monoisotopic (exact) mass is 223 g/mol. The molecular formula is C9H12NaO3S. The molecule has 0 aromatic heterocycles. The van der Waals surface area contributed by atoms with E-state index in [1.807, 2.05) is 0 Å². The van der Waals surface area contributed by atoms with Crippen LogP contribution in [0.3, 0.4) is 0 Å². The van der Waals surface area contributed by atoms with Crippen LogP contribution in [-0.2, 0) is 10.1 Å². The molecule has 0 aliphatic rings. The molecule has 1 N–H and O–H groups in total. The van der Waals surface area contributed by atoms with Crippen LogP contribution in [-0.4, -0.2) is 42.5 Å². The van der Waals surface area contributed by atoms with E-state index in [0.29, 0.717) is 12.0 Å². The molecule has 0 heterocycles. The molecule has 1 unspecified atom stereocenters.